The number of imide groups is 1. The number of nitrogens with zero attached hydrogens (tertiary/aromatic N) is 2. The zero-order valence-corrected chi connectivity index (χ0v) is 10.8. The molecule has 0 aliphatic carbocycles. The minimum Gasteiger partial charge on any atom is -0.497 e. The van der Waals surface area contributed by atoms with E-state index in [0.29, 0.717) is 42.5 Å². The monoisotopic (exact) mass is 272 g/mol. The Kier molecular flexibility index (Phi) is 2.78. The minimum absolute atomic E-state index is 0.265. The summed E-state index contributed by atoms with van der Waals surface area (Å²) in [5.74, 6) is 0.173. The van der Waals surface area contributed by atoms with Gasteiger partial charge in [0, 0.05) is 24.0 Å². The van der Waals surface area contributed by atoms with Crippen molar-refractivity contribution in [2.24, 2.45) is 0 Å². The van der Waals surface area contributed by atoms with E-state index in [9.17, 15) is 14.4 Å². The molecular weight excluding hydrogens is 260 g/mol. The molecule has 102 valence electrons. The average Bonchev–Trinajstić information content (AvgIpc) is 2.81. The molecule has 3 rings (SSSR count). The maximum atomic E-state index is 12.2. The summed E-state index contributed by atoms with van der Waals surface area (Å²) in [6, 6.07) is 5.32. The summed E-state index contributed by atoms with van der Waals surface area (Å²) in [5.41, 5.74) is 1.36. The van der Waals surface area contributed by atoms with E-state index in [0.717, 1.165) is 10.4 Å². The number of hydrogen-bond donors (Lipinski definition) is 0. The second-order valence-corrected chi connectivity index (χ2v) is 4.52. The maximum absolute atomic E-state index is 12.2. The second-order valence-electron chi connectivity index (χ2n) is 4.52. The highest BCUT2D eigenvalue weighted by atomic mass is 16.5. The lowest BCUT2D eigenvalue weighted by Gasteiger charge is -2.23. The zero-order chi connectivity index (χ0) is 14.3. The molecule has 6 heteroatoms. The van der Waals surface area contributed by atoms with Gasteiger partial charge in [-0.1, -0.05) is 0 Å². The Balaban J connectivity index is 2.33. The lowest BCUT2D eigenvalue weighted by Crippen LogP contribution is -2.39. The van der Waals surface area contributed by atoms with E-state index < -0.39 is 5.91 Å². The molecule has 0 saturated carbocycles. The molecule has 0 unspecified atom stereocenters. The fraction of sp³-hybridized carbons (Fsp3) is 0.214. The first-order valence-electron chi connectivity index (χ1n) is 6.13. The highest BCUT2D eigenvalue weighted by molar-refractivity contribution is 6.12. The largest absolute Gasteiger partial charge is 0.497 e. The molecule has 1 aliphatic heterocycles. The summed E-state index contributed by atoms with van der Waals surface area (Å²) in [6.07, 6.45) is 1.15. The Morgan fingerprint density at radius 2 is 2.05 bits per heavy atom. The highest BCUT2D eigenvalue weighted by Crippen LogP contribution is 2.31. The summed E-state index contributed by atoms with van der Waals surface area (Å²) in [6.45, 7) is 0.792. The maximum Gasteiger partial charge on any atom is 0.277 e. The third-order valence-electron chi connectivity index (χ3n) is 3.58. The molecule has 0 spiro atoms. The van der Waals surface area contributed by atoms with E-state index in [-0.39, 0.29) is 5.69 Å². The third kappa shape index (κ3) is 1.54. The number of amides is 2. The van der Waals surface area contributed by atoms with Gasteiger partial charge in [-0.3, -0.25) is 19.3 Å². The van der Waals surface area contributed by atoms with Crippen molar-refractivity contribution < 1.29 is 19.1 Å². The molecule has 0 bridgehead atoms. The molecule has 1 aliphatic rings. The number of aldehydes is 1. The van der Waals surface area contributed by atoms with Gasteiger partial charge in [0.2, 0.25) is 6.41 Å². The SMILES string of the molecule is COc1ccc2c(c1)c(C=O)c1n2CCN(C=O)C1=O. The third-order valence-corrected chi connectivity index (χ3v) is 3.58. The van der Waals surface area contributed by atoms with Crippen LogP contribution in [0.4, 0.5) is 0 Å². The number of rotatable bonds is 3. The second kappa shape index (κ2) is 4.48. The van der Waals surface area contributed by atoms with Gasteiger partial charge in [-0.15, -0.1) is 0 Å². The van der Waals surface area contributed by atoms with Crippen LogP contribution in [0.3, 0.4) is 0 Å². The molecule has 2 aromatic rings. The van der Waals surface area contributed by atoms with Crippen LogP contribution in [0.25, 0.3) is 10.9 Å². The first-order chi connectivity index (χ1) is 9.71. The van der Waals surface area contributed by atoms with Gasteiger partial charge >= 0.3 is 0 Å². The molecule has 0 N–H and O–H groups in total. The fourth-order valence-corrected chi connectivity index (χ4v) is 2.61. The van der Waals surface area contributed by atoms with Crippen LogP contribution >= 0.6 is 0 Å². The fourth-order valence-electron chi connectivity index (χ4n) is 2.61. The minimum atomic E-state index is -0.441. The number of aromatic nitrogens is 1. The van der Waals surface area contributed by atoms with Crippen molar-refractivity contribution in [2.75, 3.05) is 13.7 Å². The number of benzene rings is 1. The van der Waals surface area contributed by atoms with Crippen molar-refractivity contribution in [1.82, 2.24) is 9.47 Å². The molecular formula is C14H12N2O4. The predicted molar refractivity (Wildman–Crippen MR) is 71.0 cm³/mol. The van der Waals surface area contributed by atoms with Crippen molar-refractivity contribution in [2.45, 2.75) is 6.54 Å². The number of hydrogen-bond acceptors (Lipinski definition) is 4. The van der Waals surface area contributed by atoms with Crippen LogP contribution in [0.15, 0.2) is 18.2 Å². The molecule has 6 nitrogen and oxygen atoms in total. The van der Waals surface area contributed by atoms with Crippen LogP contribution in [-0.4, -0.2) is 41.7 Å². The summed E-state index contributed by atoms with van der Waals surface area (Å²) in [5, 5.41) is 0.662. The van der Waals surface area contributed by atoms with Crippen LogP contribution in [0, 0.1) is 0 Å². The lowest BCUT2D eigenvalue weighted by molar-refractivity contribution is -0.116. The molecule has 20 heavy (non-hydrogen) atoms. The number of ether oxygens (including phenoxy) is 1. The van der Waals surface area contributed by atoms with Gasteiger partial charge in [-0.05, 0) is 18.2 Å². The zero-order valence-electron chi connectivity index (χ0n) is 10.8. The summed E-state index contributed by atoms with van der Waals surface area (Å²) >= 11 is 0. The van der Waals surface area contributed by atoms with Gasteiger partial charge < -0.3 is 9.30 Å². The highest BCUT2D eigenvalue weighted by Gasteiger charge is 2.30. The van der Waals surface area contributed by atoms with Gasteiger partial charge in [0.05, 0.1) is 12.7 Å². The van der Waals surface area contributed by atoms with Crippen molar-refractivity contribution in [3.05, 3.63) is 29.5 Å². The van der Waals surface area contributed by atoms with Crippen LogP contribution in [0.2, 0.25) is 0 Å². The number of methoxy groups -OCH3 is 1. The Labute approximate surface area is 114 Å². The molecule has 2 heterocycles. The van der Waals surface area contributed by atoms with Gasteiger partial charge in [-0.2, -0.15) is 0 Å². The first-order valence-corrected chi connectivity index (χ1v) is 6.13. The van der Waals surface area contributed by atoms with Crippen LogP contribution in [0.1, 0.15) is 20.8 Å². The van der Waals surface area contributed by atoms with E-state index in [2.05, 4.69) is 0 Å². The van der Waals surface area contributed by atoms with Gasteiger partial charge in [0.15, 0.2) is 6.29 Å². The molecule has 0 saturated heterocycles. The van der Waals surface area contributed by atoms with E-state index in [1.807, 2.05) is 6.07 Å². The Morgan fingerprint density at radius 3 is 2.70 bits per heavy atom. The molecule has 1 aromatic heterocycles. The van der Waals surface area contributed by atoms with Gasteiger partial charge in [0.1, 0.15) is 11.4 Å². The molecule has 1 aromatic carbocycles. The summed E-state index contributed by atoms with van der Waals surface area (Å²) in [4.78, 5) is 35.6. The Morgan fingerprint density at radius 1 is 1.25 bits per heavy atom. The van der Waals surface area contributed by atoms with Crippen LogP contribution < -0.4 is 4.74 Å². The van der Waals surface area contributed by atoms with Crippen molar-refractivity contribution in [3.63, 3.8) is 0 Å². The molecule has 0 radical (unpaired) electrons. The number of carbonyl (C=O) groups is 3. The van der Waals surface area contributed by atoms with Crippen molar-refractivity contribution in [1.29, 1.82) is 0 Å². The Bertz CT molecular complexity index is 732. The van der Waals surface area contributed by atoms with E-state index in [4.69, 9.17) is 4.74 Å². The normalized spacial score (nSPS) is 14.2. The predicted octanol–water partition coefficient (Wildman–Crippen LogP) is 1.07. The van der Waals surface area contributed by atoms with Crippen LogP contribution in [-0.2, 0) is 11.3 Å². The molecule has 2 amide bonds. The standard InChI is InChI=1S/C14H12N2O4/c1-20-9-2-3-12-10(6-9)11(7-17)13-14(19)15(8-18)4-5-16(12)13/h2-3,6-8H,4-5H2,1H3. The number of carbonyl (C=O) groups excluding carboxylic acids is 3. The number of fused-ring (bicyclic) bond motifs is 3. The molecule has 0 fully saturated rings. The summed E-state index contributed by atoms with van der Waals surface area (Å²) < 4.78 is 6.92. The topological polar surface area (TPSA) is 68.6 Å². The lowest BCUT2D eigenvalue weighted by atomic mass is 10.1. The van der Waals surface area contributed by atoms with E-state index in [1.165, 1.54) is 7.11 Å². The first kappa shape index (κ1) is 12.4. The smallest absolute Gasteiger partial charge is 0.277 e. The van der Waals surface area contributed by atoms with E-state index in [1.54, 1.807) is 16.7 Å². The quantitative estimate of drug-likeness (QED) is 0.784. The van der Waals surface area contributed by atoms with Gasteiger partial charge in [0.25, 0.3) is 5.91 Å². The van der Waals surface area contributed by atoms with Crippen molar-refractivity contribution in [3.8, 4) is 5.75 Å². The molecule has 0 atom stereocenters. The van der Waals surface area contributed by atoms with Crippen molar-refractivity contribution >= 4 is 29.5 Å². The average molecular weight is 272 g/mol. The summed E-state index contributed by atoms with van der Waals surface area (Å²) in [7, 11) is 1.54. The van der Waals surface area contributed by atoms with Crippen LogP contribution in [0.5, 0.6) is 5.75 Å². The van der Waals surface area contributed by atoms with Gasteiger partial charge in [-0.25, -0.2) is 0 Å². The van der Waals surface area contributed by atoms with E-state index >= 15 is 0 Å². The Hall–Kier alpha value is -2.63.